The molecule has 2 aliphatic heterocycles. The fourth-order valence-electron chi connectivity index (χ4n) is 6.90. The molecule has 0 bridgehead atoms. The van der Waals surface area contributed by atoms with Crippen LogP contribution in [0.25, 0.3) is 22.3 Å². The summed E-state index contributed by atoms with van der Waals surface area (Å²) in [5, 5.41) is 28.6. The normalized spacial score (nSPS) is 24.4. The molecule has 8 rings (SSSR count). The van der Waals surface area contributed by atoms with Crippen LogP contribution in [0, 0.1) is 11.3 Å². The van der Waals surface area contributed by atoms with Crippen molar-refractivity contribution in [1.29, 1.82) is 5.26 Å². The number of nitrogens with zero attached hydrogens (tertiary/aromatic N) is 10. The zero-order chi connectivity index (χ0) is 43.4. The van der Waals surface area contributed by atoms with E-state index in [-0.39, 0.29) is 60.1 Å². The van der Waals surface area contributed by atoms with E-state index < -0.39 is 67.7 Å². The molecule has 0 spiro atoms. The van der Waals surface area contributed by atoms with Crippen LogP contribution in [0.3, 0.4) is 0 Å². The number of aliphatic imine (C=N–C) groups is 1. The van der Waals surface area contributed by atoms with Crippen molar-refractivity contribution in [2.75, 3.05) is 30.3 Å². The number of nitriles is 1. The molecule has 2 saturated heterocycles. The summed E-state index contributed by atoms with van der Waals surface area (Å²) < 4.78 is 59.4. The Kier molecular flexibility index (Phi) is 12.7. The van der Waals surface area contributed by atoms with Gasteiger partial charge < -0.3 is 34.3 Å². The van der Waals surface area contributed by atoms with Gasteiger partial charge in [0.2, 0.25) is 0 Å². The molecule has 1 unspecified atom stereocenters. The number of ether oxygens (including phenoxy) is 2. The highest BCUT2D eigenvalue weighted by Crippen LogP contribution is 2.50. The van der Waals surface area contributed by atoms with Crippen LogP contribution >= 0.6 is 6.64 Å². The van der Waals surface area contributed by atoms with E-state index >= 15 is 8.78 Å². The molecule has 0 saturated carbocycles. The molecule has 0 aliphatic carbocycles. The van der Waals surface area contributed by atoms with Gasteiger partial charge >= 0.3 is 0 Å². The van der Waals surface area contributed by atoms with Crippen LogP contribution in [-0.4, -0.2) is 119 Å². The number of alkyl halides is 2. The number of halogens is 2. The second kappa shape index (κ2) is 18.5. The fourth-order valence-corrected chi connectivity index (χ4v) is 9.18. The van der Waals surface area contributed by atoms with Gasteiger partial charge in [-0.3, -0.25) is 23.7 Å². The third-order valence-electron chi connectivity index (χ3n) is 9.89. The van der Waals surface area contributed by atoms with Crippen molar-refractivity contribution in [3.05, 3.63) is 97.1 Å². The molecule has 2 aliphatic rings. The molecule has 62 heavy (non-hydrogen) atoms. The fraction of sp³-hybridized carbons (Fsp3) is 0.316. The van der Waals surface area contributed by atoms with Gasteiger partial charge in [0, 0.05) is 17.7 Å². The Morgan fingerprint density at radius 3 is 1.92 bits per heavy atom. The molecule has 2 amide bonds. The van der Waals surface area contributed by atoms with Crippen molar-refractivity contribution in [2.24, 2.45) is 4.99 Å². The number of aliphatic hydroxyl groups is 1. The number of carbonyl (C=O) groups is 2. The number of aromatic nitrogens is 8. The van der Waals surface area contributed by atoms with Gasteiger partial charge in [-0.05, 0) is 42.8 Å². The van der Waals surface area contributed by atoms with Crippen molar-refractivity contribution >= 4 is 70.9 Å². The molecule has 0 radical (unpaired) electrons. The van der Waals surface area contributed by atoms with Crippen molar-refractivity contribution in [1.82, 2.24) is 44.1 Å². The van der Waals surface area contributed by atoms with Gasteiger partial charge in [0.05, 0.1) is 38.3 Å². The molecule has 6 aromatic rings. The van der Waals surface area contributed by atoms with Crippen molar-refractivity contribution in [2.45, 2.75) is 55.6 Å². The van der Waals surface area contributed by atoms with Crippen LogP contribution in [-0.2, 0) is 30.3 Å². The van der Waals surface area contributed by atoms with E-state index in [1.165, 1.54) is 34.4 Å². The summed E-state index contributed by atoms with van der Waals surface area (Å²) in [6.07, 6.45) is -7.47. The summed E-state index contributed by atoms with van der Waals surface area (Å²) in [6, 6.07) is 18.8. The quantitative estimate of drug-likeness (QED) is 0.0612. The van der Waals surface area contributed by atoms with Gasteiger partial charge in [0.25, 0.3) is 18.5 Å². The highest BCUT2D eigenvalue weighted by Gasteiger charge is 2.51. The largest absolute Gasteiger partial charge is 0.387 e. The van der Waals surface area contributed by atoms with E-state index in [1.807, 2.05) is 6.07 Å². The zero-order valence-corrected chi connectivity index (χ0v) is 33.9. The van der Waals surface area contributed by atoms with Gasteiger partial charge in [0.1, 0.15) is 37.1 Å². The highest BCUT2D eigenvalue weighted by molar-refractivity contribution is 8.09. The van der Waals surface area contributed by atoms with Crippen LogP contribution in [0.4, 0.5) is 20.4 Å². The standard InChI is InChI=1S/C38H36F2N13O7PS/c1-42-15-24-30(26(40)38(59-24)53-20-48-28-32(44-18-46-34(28)53)51-36(56)22-11-6-3-7-12-22)60-61(62,57-14-8-13-41)49-16-23-29(54)25(39)37(58-23)52-19-47-27-31(43-17-45-33(27)52)50-35(55)21-9-4-2-5-10-21/h2-7,9-12,17-20,23-26,29-30,37-38,54H,1,8,14-16H2,(H,49,62)(H,43,45,50,55)(H,44,46,51,56)/t23-,24-,25-,26-,29-,30-,37-,38-,61?/m1/s1. The topological polar surface area (TPSA) is 251 Å². The number of anilines is 2. The maximum absolute atomic E-state index is 16.7. The lowest BCUT2D eigenvalue weighted by Gasteiger charge is -2.29. The average Bonchev–Trinajstić information content (AvgIpc) is 4.06. The van der Waals surface area contributed by atoms with Crippen LogP contribution in [0.1, 0.15) is 39.6 Å². The first-order valence-electron chi connectivity index (χ1n) is 18.9. The maximum Gasteiger partial charge on any atom is 0.261 e. The number of amides is 2. The Morgan fingerprint density at radius 1 is 0.855 bits per heavy atom. The van der Waals surface area contributed by atoms with Crippen LogP contribution < -0.4 is 15.7 Å². The number of hydrogen-bond acceptors (Lipinski definition) is 16. The van der Waals surface area contributed by atoms with Crippen LogP contribution in [0.15, 0.2) is 91.0 Å². The number of fused-ring (bicyclic) bond motifs is 2. The second-order valence-corrected chi connectivity index (χ2v) is 17.0. The third kappa shape index (κ3) is 8.67. The molecule has 2 fully saturated rings. The summed E-state index contributed by atoms with van der Waals surface area (Å²) in [5.74, 6) is -0.742. The lowest BCUT2D eigenvalue weighted by molar-refractivity contribution is -0.0211. The van der Waals surface area contributed by atoms with Gasteiger partial charge in [-0.1, -0.05) is 36.4 Å². The summed E-state index contributed by atoms with van der Waals surface area (Å²) in [7, 11) is 0. The zero-order valence-electron chi connectivity index (χ0n) is 32.2. The predicted octanol–water partition coefficient (Wildman–Crippen LogP) is 3.83. The molecule has 320 valence electrons. The monoisotopic (exact) mass is 887 g/mol. The van der Waals surface area contributed by atoms with Crippen LogP contribution in [0.5, 0.6) is 0 Å². The molecule has 9 atom stereocenters. The number of aliphatic hydroxyl groups excluding tert-OH is 1. The molecular weight excluding hydrogens is 852 g/mol. The van der Waals surface area contributed by atoms with E-state index in [0.29, 0.717) is 11.1 Å². The van der Waals surface area contributed by atoms with Crippen LogP contribution in [0.2, 0.25) is 0 Å². The molecule has 4 aromatic heterocycles. The first kappa shape index (κ1) is 42.6. The first-order valence-corrected chi connectivity index (χ1v) is 21.6. The van der Waals surface area contributed by atoms with Gasteiger partial charge in [-0.2, -0.15) is 5.26 Å². The lowest BCUT2D eigenvalue weighted by Crippen LogP contribution is -2.38. The van der Waals surface area contributed by atoms with E-state index in [4.69, 9.17) is 30.3 Å². The molecular formula is C38H36F2N13O7PS. The SMILES string of the molecule is C=NC[C@H]1O[C@@H](n2cnc3c(NC(=O)c4ccccc4)ncnc32)[C@H](F)[C@@H]1OP(=S)(NC[C@H]1O[C@@H](n2cnc3c(NC(=O)c4ccccc4)ncnc32)[C@H](F)[C@@H]1O)OCCC#N. The minimum atomic E-state index is -3.81. The Balaban J connectivity index is 0.982. The number of nitrogens with one attached hydrogen (secondary N) is 3. The molecule has 2 aromatic carbocycles. The van der Waals surface area contributed by atoms with E-state index in [2.05, 4.69) is 57.3 Å². The molecule has 6 heterocycles. The van der Waals surface area contributed by atoms with Crippen molar-refractivity contribution < 1.29 is 42.0 Å². The number of imidazole rings is 2. The van der Waals surface area contributed by atoms with Gasteiger partial charge in [-0.15, -0.1) is 0 Å². The number of carbonyl (C=O) groups excluding carboxylic acids is 2. The van der Waals surface area contributed by atoms with E-state index in [9.17, 15) is 20.0 Å². The Hall–Kier alpha value is -6.09. The Labute approximate surface area is 355 Å². The van der Waals surface area contributed by atoms with E-state index in [0.717, 1.165) is 0 Å². The van der Waals surface area contributed by atoms with E-state index in [1.54, 1.807) is 60.7 Å². The average molecular weight is 888 g/mol. The van der Waals surface area contributed by atoms with Crippen molar-refractivity contribution in [3.8, 4) is 6.07 Å². The molecule has 20 nitrogen and oxygen atoms in total. The maximum atomic E-state index is 16.7. The molecule has 24 heteroatoms. The first-order chi connectivity index (χ1) is 30.1. The van der Waals surface area contributed by atoms with Crippen molar-refractivity contribution in [3.63, 3.8) is 0 Å². The highest BCUT2D eigenvalue weighted by atomic mass is 32.5. The predicted molar refractivity (Wildman–Crippen MR) is 221 cm³/mol. The smallest absolute Gasteiger partial charge is 0.261 e. The second-order valence-electron chi connectivity index (χ2n) is 13.8. The minimum absolute atomic E-state index is 0.0722. The Bertz CT molecular complexity index is 2680. The summed E-state index contributed by atoms with van der Waals surface area (Å²) >= 11 is 5.81. The molecule has 4 N–H and O–H groups in total. The summed E-state index contributed by atoms with van der Waals surface area (Å²) in [6.45, 7) is -0.980. The summed E-state index contributed by atoms with van der Waals surface area (Å²) in [4.78, 5) is 55.0. The number of benzene rings is 2. The van der Waals surface area contributed by atoms with Gasteiger partial charge in [0.15, 0.2) is 58.8 Å². The third-order valence-corrected chi connectivity index (χ3v) is 12.5. The number of rotatable bonds is 16. The Morgan fingerprint density at radius 2 is 1.39 bits per heavy atom. The summed E-state index contributed by atoms with van der Waals surface area (Å²) in [5.41, 5.74) is 1.31. The van der Waals surface area contributed by atoms with Gasteiger partial charge in [-0.25, -0.2) is 43.8 Å². The number of hydrogen-bond donors (Lipinski definition) is 4. The lowest BCUT2D eigenvalue weighted by atomic mass is 10.1. The minimum Gasteiger partial charge on any atom is -0.387 e.